The highest BCUT2D eigenvalue weighted by Gasteiger charge is 2.22. The number of nitrogens with zero attached hydrogens (tertiary/aromatic N) is 5. The smallest absolute Gasteiger partial charge is 0.244 e. The Morgan fingerprint density at radius 3 is 2.74 bits per heavy atom. The molecule has 0 saturated carbocycles. The highest BCUT2D eigenvalue weighted by atomic mass is 35.5. The van der Waals surface area contributed by atoms with Crippen molar-refractivity contribution < 1.29 is 9.59 Å². The lowest BCUT2D eigenvalue weighted by Crippen LogP contribution is -2.42. The first-order valence-electron chi connectivity index (χ1n) is 11.9. The quantitative estimate of drug-likeness (QED) is 0.269. The first-order chi connectivity index (χ1) is 18.4. The molecule has 0 radical (unpaired) electrons. The van der Waals surface area contributed by atoms with Crippen LogP contribution in [0.2, 0.25) is 5.02 Å². The fourth-order valence-electron chi connectivity index (χ4n) is 4.05. The molecular weight excluding hydrogens is 520 g/mol. The molecule has 1 N–H and O–H groups in total. The molecule has 1 amide bonds. The summed E-state index contributed by atoms with van der Waals surface area (Å²) in [7, 11) is 0. The number of fused-ring (bicyclic) bond motifs is 1. The van der Waals surface area contributed by atoms with E-state index in [2.05, 4.69) is 31.9 Å². The van der Waals surface area contributed by atoms with Crippen molar-refractivity contribution in [2.75, 3.05) is 0 Å². The lowest BCUT2D eigenvalue weighted by atomic mass is 10.0. The summed E-state index contributed by atoms with van der Waals surface area (Å²) in [5, 5.41) is 15.4. The number of carbonyl (C=O) groups is 2. The second-order valence-corrected chi connectivity index (χ2v) is 10.3. The number of carbonyl (C=O) groups excluding carboxylic acids is 2. The molecule has 0 saturated heterocycles. The number of rotatable bonds is 9. The van der Waals surface area contributed by atoms with E-state index in [1.807, 2.05) is 49.4 Å². The lowest BCUT2D eigenvalue weighted by Gasteiger charge is -2.16. The van der Waals surface area contributed by atoms with Gasteiger partial charge in [0.2, 0.25) is 5.91 Å². The summed E-state index contributed by atoms with van der Waals surface area (Å²) in [6, 6.07) is 20.1. The molecule has 0 aliphatic carbocycles. The predicted molar refractivity (Wildman–Crippen MR) is 148 cm³/mol. The molecule has 0 aliphatic rings. The first kappa shape index (κ1) is 25.4. The standard InChI is InChI=1S/C28H23ClN6O2S/c1-18-7-10-22-26(13-18)38-28(32-22)16-25(36)23(14-19-5-3-2-4-6-19)31-27(37)12-8-20-15-21(29)9-11-24(20)35-17-30-33-34-35/h2-13,15,17,23H,14,16H2,1H3,(H,31,37). The van der Waals surface area contributed by atoms with E-state index >= 15 is 0 Å². The number of Topliss-reactive ketones (excluding diaryl/α,β-unsaturated/α-hetero) is 1. The molecule has 5 rings (SSSR count). The fourth-order valence-corrected chi connectivity index (χ4v) is 5.30. The van der Waals surface area contributed by atoms with Crippen LogP contribution in [-0.2, 0) is 22.4 Å². The normalized spacial score (nSPS) is 12.2. The number of tetrazole rings is 1. The zero-order valence-electron chi connectivity index (χ0n) is 20.4. The SMILES string of the molecule is Cc1ccc2nc(CC(=O)C(Cc3ccccc3)NC(=O)C=Cc3cc(Cl)ccc3-n3cnnn3)sc2c1. The maximum Gasteiger partial charge on any atom is 0.244 e. The van der Waals surface area contributed by atoms with Crippen molar-refractivity contribution in [1.82, 2.24) is 30.5 Å². The molecule has 3 aromatic carbocycles. The summed E-state index contributed by atoms with van der Waals surface area (Å²) in [4.78, 5) is 31.0. The molecule has 0 aliphatic heterocycles. The van der Waals surface area contributed by atoms with Gasteiger partial charge in [0, 0.05) is 16.7 Å². The Bertz CT molecular complexity index is 1620. The summed E-state index contributed by atoms with van der Waals surface area (Å²) in [5.74, 6) is -0.509. The van der Waals surface area contributed by atoms with E-state index in [1.165, 1.54) is 28.4 Å². The van der Waals surface area contributed by atoms with Crippen LogP contribution >= 0.6 is 22.9 Å². The molecule has 190 valence electrons. The van der Waals surface area contributed by atoms with Crippen molar-refractivity contribution in [3.8, 4) is 5.69 Å². The molecule has 0 fully saturated rings. The van der Waals surface area contributed by atoms with Crippen LogP contribution in [0.3, 0.4) is 0 Å². The number of amides is 1. The van der Waals surface area contributed by atoms with Gasteiger partial charge in [-0.1, -0.05) is 48.0 Å². The van der Waals surface area contributed by atoms with Gasteiger partial charge in [0.05, 0.1) is 28.4 Å². The molecular formula is C28H23ClN6O2S. The number of benzene rings is 3. The highest BCUT2D eigenvalue weighted by Crippen LogP contribution is 2.24. The van der Waals surface area contributed by atoms with Crippen LogP contribution in [0.25, 0.3) is 22.0 Å². The van der Waals surface area contributed by atoms with Gasteiger partial charge in [0.25, 0.3) is 0 Å². The summed E-state index contributed by atoms with van der Waals surface area (Å²) >= 11 is 7.68. The van der Waals surface area contributed by atoms with Crippen LogP contribution in [0.5, 0.6) is 0 Å². The van der Waals surface area contributed by atoms with Gasteiger partial charge in [-0.25, -0.2) is 4.98 Å². The van der Waals surface area contributed by atoms with Gasteiger partial charge in [-0.05, 0) is 71.3 Å². The maximum absolute atomic E-state index is 13.4. The molecule has 8 nitrogen and oxygen atoms in total. The van der Waals surface area contributed by atoms with Crippen molar-refractivity contribution in [3.05, 3.63) is 106 Å². The average molecular weight is 543 g/mol. The van der Waals surface area contributed by atoms with Crippen LogP contribution < -0.4 is 5.32 Å². The van der Waals surface area contributed by atoms with Crippen LogP contribution in [-0.4, -0.2) is 42.9 Å². The molecule has 10 heteroatoms. The highest BCUT2D eigenvalue weighted by molar-refractivity contribution is 7.18. The number of nitrogens with one attached hydrogen (secondary N) is 1. The van der Waals surface area contributed by atoms with E-state index in [9.17, 15) is 9.59 Å². The van der Waals surface area contributed by atoms with Crippen LogP contribution in [0.4, 0.5) is 0 Å². The van der Waals surface area contributed by atoms with Crippen molar-refractivity contribution in [1.29, 1.82) is 0 Å². The Kier molecular flexibility index (Phi) is 7.67. The molecule has 2 aromatic heterocycles. The van der Waals surface area contributed by atoms with Gasteiger partial charge in [-0.3, -0.25) is 9.59 Å². The minimum absolute atomic E-state index is 0.108. The van der Waals surface area contributed by atoms with E-state index in [-0.39, 0.29) is 12.2 Å². The van der Waals surface area contributed by atoms with Gasteiger partial charge >= 0.3 is 0 Å². The molecule has 0 spiro atoms. The van der Waals surface area contributed by atoms with E-state index in [4.69, 9.17) is 11.6 Å². The number of hydrogen-bond acceptors (Lipinski definition) is 7. The Balaban J connectivity index is 1.35. The first-order valence-corrected chi connectivity index (χ1v) is 13.1. The summed E-state index contributed by atoms with van der Waals surface area (Å²) < 4.78 is 2.52. The Hall–Kier alpha value is -4.21. The second-order valence-electron chi connectivity index (χ2n) is 8.76. The zero-order chi connectivity index (χ0) is 26.5. The second kappa shape index (κ2) is 11.5. The minimum atomic E-state index is -0.721. The van der Waals surface area contributed by atoms with Gasteiger partial charge in [-0.15, -0.1) is 16.4 Å². The van der Waals surface area contributed by atoms with Gasteiger partial charge in [-0.2, -0.15) is 4.68 Å². The van der Waals surface area contributed by atoms with Crippen molar-refractivity contribution >= 4 is 50.9 Å². The maximum atomic E-state index is 13.4. The number of aromatic nitrogens is 5. The summed E-state index contributed by atoms with van der Waals surface area (Å²) in [5.41, 5.74) is 4.27. The Labute approximate surface area is 228 Å². The van der Waals surface area contributed by atoms with E-state index in [0.29, 0.717) is 22.7 Å². The Morgan fingerprint density at radius 1 is 1.11 bits per heavy atom. The van der Waals surface area contributed by atoms with E-state index in [0.717, 1.165) is 26.4 Å². The van der Waals surface area contributed by atoms with Crippen molar-refractivity contribution in [3.63, 3.8) is 0 Å². The average Bonchev–Trinajstić information content (AvgIpc) is 3.57. The van der Waals surface area contributed by atoms with Crippen LogP contribution in [0, 0.1) is 6.92 Å². The largest absolute Gasteiger partial charge is 0.342 e. The number of halogens is 1. The summed E-state index contributed by atoms with van der Waals surface area (Å²) in [6.45, 7) is 2.03. The molecule has 0 bridgehead atoms. The number of aryl methyl sites for hydroxylation is 1. The third-order valence-electron chi connectivity index (χ3n) is 5.90. The third kappa shape index (κ3) is 6.19. The molecule has 2 heterocycles. The number of ketones is 1. The van der Waals surface area contributed by atoms with E-state index in [1.54, 1.807) is 24.3 Å². The number of thiazole rings is 1. The fraction of sp³-hybridized carbons (Fsp3) is 0.143. The molecule has 38 heavy (non-hydrogen) atoms. The minimum Gasteiger partial charge on any atom is -0.342 e. The Morgan fingerprint density at radius 2 is 1.95 bits per heavy atom. The lowest BCUT2D eigenvalue weighted by molar-refractivity contribution is -0.125. The van der Waals surface area contributed by atoms with Crippen LogP contribution in [0.1, 0.15) is 21.7 Å². The molecule has 1 atom stereocenters. The summed E-state index contributed by atoms with van der Waals surface area (Å²) in [6.07, 6.45) is 4.97. The third-order valence-corrected chi connectivity index (χ3v) is 7.15. The zero-order valence-corrected chi connectivity index (χ0v) is 22.0. The van der Waals surface area contributed by atoms with E-state index < -0.39 is 11.9 Å². The van der Waals surface area contributed by atoms with Crippen molar-refractivity contribution in [2.45, 2.75) is 25.8 Å². The predicted octanol–water partition coefficient (Wildman–Crippen LogP) is 4.79. The van der Waals surface area contributed by atoms with Gasteiger partial charge in [0.15, 0.2) is 5.78 Å². The molecule has 5 aromatic rings. The molecule has 1 unspecified atom stereocenters. The van der Waals surface area contributed by atoms with Gasteiger partial charge < -0.3 is 5.32 Å². The number of hydrogen-bond donors (Lipinski definition) is 1. The van der Waals surface area contributed by atoms with Crippen molar-refractivity contribution in [2.24, 2.45) is 0 Å². The van der Waals surface area contributed by atoms with Gasteiger partial charge in [0.1, 0.15) is 11.3 Å². The monoisotopic (exact) mass is 542 g/mol. The topological polar surface area (TPSA) is 103 Å². The van der Waals surface area contributed by atoms with Crippen LogP contribution in [0.15, 0.2) is 79.1 Å².